The van der Waals surface area contributed by atoms with Gasteiger partial charge in [0.15, 0.2) is 38.2 Å². The Morgan fingerprint density at radius 3 is 1.07 bits per heavy atom. The van der Waals surface area contributed by atoms with Gasteiger partial charge in [0.2, 0.25) is 16.6 Å². The van der Waals surface area contributed by atoms with Crippen molar-refractivity contribution >= 4 is 110 Å². The highest BCUT2D eigenvalue weighted by Gasteiger charge is 2.20. The Labute approximate surface area is 425 Å². The molecular weight excluding hydrogens is 1010 g/mol. The number of pyridine rings is 4. The third-order valence-corrected chi connectivity index (χ3v) is 12.4. The average molecular weight is 1060 g/mol. The second-order valence-corrected chi connectivity index (χ2v) is 17.1. The lowest BCUT2D eigenvalue weighted by atomic mass is 9.79. The molecule has 0 fully saturated rings. The van der Waals surface area contributed by atoms with Crippen LogP contribution in [0, 0.1) is 0 Å². The van der Waals surface area contributed by atoms with Gasteiger partial charge in [-0.25, -0.2) is 0 Å². The van der Waals surface area contributed by atoms with E-state index in [2.05, 4.69) is 77.1 Å². The molecule has 0 saturated carbocycles. The molecule has 0 amide bonds. The van der Waals surface area contributed by atoms with Crippen LogP contribution in [0.2, 0.25) is 0 Å². The predicted octanol–water partition coefficient (Wildman–Crippen LogP) is -1.31. The topological polar surface area (TPSA) is 186 Å². The molecule has 0 radical (unpaired) electrons. The maximum Gasteiger partial charge on any atom is 0.488 e. The number of hydrogen-bond acceptors (Lipinski definition) is 9. The number of alkyl halides is 1. The van der Waals surface area contributed by atoms with Crippen LogP contribution in [0.5, 0.6) is 0 Å². The van der Waals surface area contributed by atoms with Crippen molar-refractivity contribution in [2.75, 3.05) is 0 Å². The Kier molecular flexibility index (Phi) is 17.8. The molecule has 10 aromatic rings. The second-order valence-electron chi connectivity index (χ2n) is 16.5. The van der Waals surface area contributed by atoms with Gasteiger partial charge in [-0.1, -0.05) is 119 Å². The third kappa shape index (κ3) is 12.6. The number of nitrogens with zero attached hydrogens (tertiary/aromatic N) is 4. The van der Waals surface area contributed by atoms with Crippen molar-refractivity contribution in [2.45, 2.75) is 25.0 Å². The van der Waals surface area contributed by atoms with Crippen molar-refractivity contribution in [1.29, 1.82) is 0 Å². The van der Waals surface area contributed by atoms with Crippen molar-refractivity contribution < 1.29 is 70.9 Å². The quantitative estimate of drug-likeness (QED) is 0.0338. The van der Waals surface area contributed by atoms with Crippen LogP contribution in [0.3, 0.4) is 0 Å². The highest BCUT2D eigenvalue weighted by molar-refractivity contribution is 9.08. The number of fused-ring (bicyclic) bond motifs is 6. The van der Waals surface area contributed by atoms with E-state index in [1.54, 1.807) is 42.6 Å². The summed E-state index contributed by atoms with van der Waals surface area (Å²) in [6.07, 6.45) is 7.89. The van der Waals surface area contributed by atoms with Crippen LogP contribution in [-0.2, 0) is 25.0 Å². The van der Waals surface area contributed by atoms with E-state index < -0.39 is 28.5 Å². The van der Waals surface area contributed by atoms with Crippen LogP contribution in [-0.4, -0.2) is 73.6 Å². The van der Waals surface area contributed by atoms with Crippen LogP contribution >= 0.6 is 15.9 Å². The Balaban J connectivity index is 0.000000174. The lowest BCUT2D eigenvalue weighted by Crippen LogP contribution is -3.00. The first-order chi connectivity index (χ1) is 33.4. The van der Waals surface area contributed by atoms with Crippen LogP contribution in [0.15, 0.2) is 195 Å². The van der Waals surface area contributed by atoms with E-state index in [1.807, 2.05) is 110 Å². The standard InChI is InChI=1S/C26H24B2N2O4.C19H16BN2O2.C7H8BBrO2.BrH/c31-27(32)21-7-1-5-19(15-21)17-29-13-3-9-23-24-10-4-14-30(26(24)12-11-25(23)29)18-20-6-2-8-22(16-20)28(33)34;23-20(24)15-5-1-4-14(12-15)13-22-11-3-7-17-16-6-2-10-21-18(16)8-9-19(17)22;9-5-6-2-1-3-7(4-6)8(10)11;/h1-16,31-34H,17-18H2;1-12,23-24H,13H2;1-4,10-11H,5H2;1H/q+2;+1;;/p-1. The zero-order valence-electron chi connectivity index (χ0n) is 37.7. The van der Waals surface area contributed by atoms with E-state index in [-0.39, 0.29) is 17.0 Å². The summed E-state index contributed by atoms with van der Waals surface area (Å²) in [5, 5.41) is 79.5. The number of halogens is 2. The first-order valence-electron chi connectivity index (χ1n) is 22.2. The fraction of sp³-hybridized carbons (Fsp3) is 0.0769. The van der Waals surface area contributed by atoms with Crippen molar-refractivity contribution in [2.24, 2.45) is 0 Å². The van der Waals surface area contributed by atoms with Crippen molar-refractivity contribution in [3.63, 3.8) is 0 Å². The molecule has 348 valence electrons. The molecule has 6 aromatic carbocycles. The lowest BCUT2D eigenvalue weighted by molar-refractivity contribution is -0.664. The molecule has 18 heteroatoms. The fourth-order valence-corrected chi connectivity index (χ4v) is 8.77. The Bertz CT molecular complexity index is 3280. The summed E-state index contributed by atoms with van der Waals surface area (Å²) in [5.74, 6) is 0. The van der Waals surface area contributed by atoms with Gasteiger partial charge in [0.05, 0.1) is 21.7 Å². The van der Waals surface area contributed by atoms with E-state index in [0.717, 1.165) is 71.2 Å². The number of rotatable bonds is 11. The summed E-state index contributed by atoms with van der Waals surface area (Å²) in [4.78, 5) is 4.41. The maximum atomic E-state index is 9.50. The molecule has 4 aromatic heterocycles. The summed E-state index contributed by atoms with van der Waals surface area (Å²) in [5.41, 5.74) is 10.3. The molecule has 4 heterocycles. The minimum absolute atomic E-state index is 0. The highest BCUT2D eigenvalue weighted by atomic mass is 79.9. The monoisotopic (exact) mass is 1060 g/mol. The van der Waals surface area contributed by atoms with Gasteiger partial charge in [-0.3, -0.25) is 4.98 Å². The molecule has 12 nitrogen and oxygen atoms in total. The molecule has 0 atom stereocenters. The van der Waals surface area contributed by atoms with Gasteiger partial charge < -0.3 is 57.2 Å². The highest BCUT2D eigenvalue weighted by Crippen LogP contribution is 2.23. The molecule has 0 aliphatic heterocycles. The molecule has 0 aliphatic rings. The third-order valence-electron chi connectivity index (χ3n) is 11.8. The average Bonchev–Trinajstić information content (AvgIpc) is 3.37. The maximum absolute atomic E-state index is 9.50. The van der Waals surface area contributed by atoms with E-state index in [1.165, 1.54) is 0 Å². The minimum Gasteiger partial charge on any atom is -1.00 e. The first-order valence-corrected chi connectivity index (χ1v) is 23.3. The molecule has 8 N–H and O–H groups in total. The summed E-state index contributed by atoms with van der Waals surface area (Å²) in [6.45, 7) is 1.86. The van der Waals surface area contributed by atoms with Crippen LogP contribution in [0.4, 0.5) is 0 Å². The summed E-state index contributed by atoms with van der Waals surface area (Å²) < 4.78 is 6.47. The van der Waals surface area contributed by atoms with Gasteiger partial charge in [0.1, 0.15) is 0 Å². The molecular formula is C52H48B4Br2N4O8+2. The number of benzene rings is 6. The van der Waals surface area contributed by atoms with Crippen molar-refractivity contribution in [3.05, 3.63) is 217 Å². The van der Waals surface area contributed by atoms with Gasteiger partial charge in [-0.05, 0) is 57.7 Å². The van der Waals surface area contributed by atoms with Crippen molar-refractivity contribution in [3.8, 4) is 0 Å². The molecule has 0 bridgehead atoms. The van der Waals surface area contributed by atoms with E-state index in [0.29, 0.717) is 41.5 Å². The SMILES string of the molecule is OB(O)c1cccc(CBr)c1.OB(O)c1cccc(C[n+]2cccc3c4ccc[n+](Cc5cccc(B(O)O)c5)c4ccc32)c1.OB(O)c1cccc(C[n+]2cccc3c4cccnc4ccc32)c1.[Br-]. The second kappa shape index (κ2) is 24.1. The Morgan fingerprint density at radius 2 is 0.700 bits per heavy atom. The largest absolute Gasteiger partial charge is 1.00 e. The summed E-state index contributed by atoms with van der Waals surface area (Å²) >= 11 is 3.28. The van der Waals surface area contributed by atoms with Crippen LogP contribution < -0.4 is 52.5 Å². The number of aromatic nitrogens is 4. The molecule has 0 spiro atoms. The number of hydrogen-bond donors (Lipinski definition) is 8. The molecule has 10 rings (SSSR count). The predicted molar refractivity (Wildman–Crippen MR) is 276 cm³/mol. The van der Waals surface area contributed by atoms with Crippen LogP contribution in [0.1, 0.15) is 22.3 Å². The minimum atomic E-state index is -1.49. The molecule has 0 saturated heterocycles. The normalized spacial score (nSPS) is 10.8. The van der Waals surface area contributed by atoms with Gasteiger partial charge in [0, 0.05) is 70.0 Å². The fourth-order valence-electron chi connectivity index (χ4n) is 8.42. The van der Waals surface area contributed by atoms with E-state index >= 15 is 0 Å². The zero-order valence-corrected chi connectivity index (χ0v) is 40.9. The van der Waals surface area contributed by atoms with Gasteiger partial charge >= 0.3 is 28.5 Å². The molecule has 0 unspecified atom stereocenters. The van der Waals surface area contributed by atoms with Gasteiger partial charge in [-0.2, -0.15) is 13.7 Å². The van der Waals surface area contributed by atoms with Gasteiger partial charge in [0.25, 0.3) is 0 Å². The first kappa shape index (κ1) is 51.7. The lowest BCUT2D eigenvalue weighted by Gasteiger charge is -2.07. The Morgan fingerprint density at radius 1 is 0.371 bits per heavy atom. The van der Waals surface area contributed by atoms with Crippen LogP contribution in [0.25, 0.3) is 43.6 Å². The van der Waals surface area contributed by atoms with E-state index in [9.17, 15) is 30.1 Å². The molecule has 70 heavy (non-hydrogen) atoms. The summed E-state index contributed by atoms with van der Waals surface area (Å²) in [7, 11) is -5.79. The summed E-state index contributed by atoms with van der Waals surface area (Å²) in [6, 6.07) is 53.9. The Hall–Kier alpha value is -6.14. The van der Waals surface area contributed by atoms with Crippen molar-refractivity contribution in [1.82, 2.24) is 4.98 Å². The zero-order chi connectivity index (χ0) is 48.4. The van der Waals surface area contributed by atoms with E-state index in [4.69, 9.17) is 10.0 Å². The molecule has 0 aliphatic carbocycles. The van der Waals surface area contributed by atoms with Gasteiger partial charge in [-0.15, -0.1) is 0 Å². The smallest absolute Gasteiger partial charge is 0.488 e.